The van der Waals surface area contributed by atoms with Crippen LogP contribution in [-0.4, -0.2) is 22.2 Å². The minimum absolute atomic E-state index is 0.260. The van der Waals surface area contributed by atoms with Crippen LogP contribution in [0.3, 0.4) is 0 Å². The van der Waals surface area contributed by atoms with Gasteiger partial charge < -0.3 is 14.9 Å². The molecule has 4 rings (SSSR count). The van der Waals surface area contributed by atoms with Gasteiger partial charge >= 0.3 is 11.9 Å². The highest BCUT2D eigenvalue weighted by Crippen LogP contribution is 2.33. The summed E-state index contributed by atoms with van der Waals surface area (Å²) in [6.07, 6.45) is 0. The molecule has 0 fully saturated rings. The van der Waals surface area contributed by atoms with Gasteiger partial charge in [0.2, 0.25) is 0 Å². The van der Waals surface area contributed by atoms with Crippen molar-refractivity contribution in [2.45, 2.75) is 19.6 Å². The summed E-state index contributed by atoms with van der Waals surface area (Å²) in [7, 11) is 0. The maximum Gasteiger partial charge on any atom is 0.335 e. The Morgan fingerprint density at radius 2 is 0.939 bits per heavy atom. The second-order valence-corrected chi connectivity index (χ2v) is 9.21. The third-order valence-electron chi connectivity index (χ3n) is 4.52. The van der Waals surface area contributed by atoms with Gasteiger partial charge in [0.05, 0.1) is 11.1 Å². The van der Waals surface area contributed by atoms with Gasteiger partial charge in [-0.3, -0.25) is 0 Å². The van der Waals surface area contributed by atoms with E-state index in [-0.39, 0.29) is 11.1 Å². The molecular weight excluding hydrogens is 456 g/mol. The van der Waals surface area contributed by atoms with Crippen LogP contribution in [0.25, 0.3) is 0 Å². The summed E-state index contributed by atoms with van der Waals surface area (Å²) in [5.41, 5.74) is 0.521. The zero-order valence-electron chi connectivity index (χ0n) is 17.2. The van der Waals surface area contributed by atoms with Gasteiger partial charge in [-0.05, 0) is 84.9 Å². The van der Waals surface area contributed by atoms with Crippen LogP contribution in [0.15, 0.2) is 117 Å². The highest BCUT2D eigenvalue weighted by atomic mass is 32.2. The monoisotopic (exact) mass is 474 g/mol. The van der Waals surface area contributed by atoms with Crippen LogP contribution < -0.4 is 4.74 Å². The van der Waals surface area contributed by atoms with Crippen molar-refractivity contribution in [3.8, 4) is 11.5 Å². The Morgan fingerprint density at radius 1 is 0.545 bits per heavy atom. The first-order chi connectivity index (χ1) is 16.0. The smallest absolute Gasteiger partial charge is 0.335 e. The largest absolute Gasteiger partial charge is 0.478 e. The van der Waals surface area contributed by atoms with Gasteiger partial charge in [-0.25, -0.2) is 9.59 Å². The van der Waals surface area contributed by atoms with Gasteiger partial charge in [0, 0.05) is 19.6 Å². The van der Waals surface area contributed by atoms with Gasteiger partial charge in [0.1, 0.15) is 11.5 Å². The molecule has 0 spiro atoms. The van der Waals surface area contributed by atoms with Gasteiger partial charge in [0.15, 0.2) is 0 Å². The molecule has 0 aliphatic carbocycles. The molecule has 0 atom stereocenters. The molecule has 0 unspecified atom stereocenters. The van der Waals surface area contributed by atoms with Crippen molar-refractivity contribution in [1.82, 2.24) is 0 Å². The average Bonchev–Trinajstić information content (AvgIpc) is 2.82. The van der Waals surface area contributed by atoms with Crippen molar-refractivity contribution in [1.29, 1.82) is 0 Å². The molecule has 0 bridgehead atoms. The highest BCUT2D eigenvalue weighted by Gasteiger charge is 2.07. The molecule has 0 saturated carbocycles. The fourth-order valence-electron chi connectivity index (χ4n) is 2.94. The Bertz CT molecular complexity index is 1180. The predicted molar refractivity (Wildman–Crippen MR) is 128 cm³/mol. The molecule has 2 N–H and O–H groups in total. The maximum atomic E-state index is 11.1. The summed E-state index contributed by atoms with van der Waals surface area (Å²) in [4.78, 5) is 25.9. The summed E-state index contributed by atoms with van der Waals surface area (Å²) < 4.78 is 5.92. The minimum atomic E-state index is -0.945. The molecule has 33 heavy (non-hydrogen) atoms. The van der Waals surface area contributed by atoms with Crippen molar-refractivity contribution in [2.24, 2.45) is 0 Å². The van der Waals surface area contributed by atoms with E-state index in [1.165, 1.54) is 23.5 Å². The van der Waals surface area contributed by atoms with E-state index in [4.69, 9.17) is 14.9 Å². The summed E-state index contributed by atoms with van der Waals surface area (Å²) in [6.45, 7) is 0. The number of carboxylic acids is 2. The Hall–Kier alpha value is -3.68. The lowest BCUT2D eigenvalue weighted by molar-refractivity contribution is 0.0685. The Morgan fingerprint density at radius 3 is 1.30 bits per heavy atom. The number of rotatable bonds is 8. The Kier molecular flexibility index (Phi) is 7.02. The number of carboxylic acid groups (broad SMARTS) is 2. The van der Waals surface area contributed by atoms with Crippen molar-refractivity contribution in [3.63, 3.8) is 0 Å². The van der Waals surface area contributed by atoms with E-state index in [9.17, 15) is 9.59 Å². The molecule has 4 aromatic rings. The second kappa shape index (κ2) is 10.3. The number of hydrogen-bond donors (Lipinski definition) is 2. The molecule has 0 aliphatic rings. The van der Waals surface area contributed by atoms with E-state index in [2.05, 4.69) is 0 Å². The molecule has 0 radical (unpaired) electrons. The number of aromatic carboxylic acids is 2. The highest BCUT2D eigenvalue weighted by molar-refractivity contribution is 7.99. The molecule has 0 heterocycles. The molecule has 0 saturated heterocycles. The molecule has 5 nitrogen and oxygen atoms in total. The number of ether oxygens (including phenoxy) is 1. The summed E-state index contributed by atoms with van der Waals surface area (Å²) in [5, 5.41) is 18.3. The third-order valence-corrected chi connectivity index (χ3v) is 6.51. The zero-order chi connectivity index (χ0) is 23.2. The van der Waals surface area contributed by atoms with E-state index in [1.807, 2.05) is 60.7 Å². The second-order valence-electron chi connectivity index (χ2n) is 6.91. The van der Waals surface area contributed by atoms with Crippen LogP contribution >= 0.6 is 23.5 Å². The number of carbonyl (C=O) groups is 2. The number of benzene rings is 4. The van der Waals surface area contributed by atoms with Gasteiger partial charge in [-0.15, -0.1) is 0 Å². The van der Waals surface area contributed by atoms with Crippen molar-refractivity contribution in [3.05, 3.63) is 108 Å². The fraction of sp³-hybridized carbons (Fsp3) is 0. The third kappa shape index (κ3) is 6.19. The topological polar surface area (TPSA) is 83.8 Å². The average molecular weight is 475 g/mol. The molecule has 4 aromatic carbocycles. The van der Waals surface area contributed by atoms with E-state index in [1.54, 1.807) is 36.4 Å². The molecular formula is C26H18O5S2. The van der Waals surface area contributed by atoms with Crippen molar-refractivity contribution >= 4 is 35.5 Å². The number of hydrogen-bond acceptors (Lipinski definition) is 5. The first-order valence-corrected chi connectivity index (χ1v) is 11.5. The lowest BCUT2D eigenvalue weighted by Crippen LogP contribution is -1.95. The summed E-state index contributed by atoms with van der Waals surface area (Å²) >= 11 is 2.96. The molecule has 0 aliphatic heterocycles. The lowest BCUT2D eigenvalue weighted by atomic mass is 10.2. The Balaban J connectivity index is 1.37. The molecule has 164 valence electrons. The zero-order valence-corrected chi connectivity index (χ0v) is 18.8. The fourth-order valence-corrected chi connectivity index (χ4v) is 4.70. The van der Waals surface area contributed by atoms with Gasteiger partial charge in [-0.1, -0.05) is 35.7 Å². The lowest BCUT2D eigenvalue weighted by Gasteiger charge is -2.08. The quantitative estimate of drug-likeness (QED) is 0.280. The van der Waals surface area contributed by atoms with E-state index < -0.39 is 11.9 Å². The molecule has 0 amide bonds. The van der Waals surface area contributed by atoms with E-state index >= 15 is 0 Å². The van der Waals surface area contributed by atoms with Crippen LogP contribution in [0, 0.1) is 0 Å². The predicted octanol–water partition coefficient (Wildman–Crippen LogP) is 7.18. The van der Waals surface area contributed by atoms with Crippen molar-refractivity contribution in [2.75, 3.05) is 0 Å². The molecule has 0 aromatic heterocycles. The van der Waals surface area contributed by atoms with Crippen LogP contribution in [0.2, 0.25) is 0 Å². The van der Waals surface area contributed by atoms with Crippen LogP contribution in [0.1, 0.15) is 20.7 Å². The molecule has 7 heteroatoms. The SMILES string of the molecule is O=C(O)c1cccc(Sc2ccc(Oc3ccc(Sc4cccc(C(=O)O)c4)cc3)cc2)c1. The summed E-state index contributed by atoms with van der Waals surface area (Å²) in [6, 6.07) is 28.8. The van der Waals surface area contributed by atoms with E-state index in [0.717, 1.165) is 19.6 Å². The normalized spacial score (nSPS) is 10.5. The first kappa shape index (κ1) is 22.5. The Labute approximate surface area is 199 Å². The standard InChI is InChI=1S/C26H18O5S2/c27-25(28)17-3-1-5-23(15-17)32-21-11-7-19(8-12-21)31-20-9-13-22(14-10-20)33-24-6-2-4-18(16-24)26(29)30/h1-16H,(H,27,28)(H,29,30). The maximum absolute atomic E-state index is 11.1. The van der Waals surface area contributed by atoms with E-state index in [0.29, 0.717) is 11.5 Å². The summed E-state index contributed by atoms with van der Waals surface area (Å²) in [5.74, 6) is -0.514. The van der Waals surface area contributed by atoms with Crippen molar-refractivity contribution < 1.29 is 24.5 Å². The van der Waals surface area contributed by atoms with Crippen LogP contribution in [-0.2, 0) is 0 Å². The van der Waals surface area contributed by atoms with Crippen LogP contribution in [0.5, 0.6) is 11.5 Å². The van der Waals surface area contributed by atoms with Crippen LogP contribution in [0.4, 0.5) is 0 Å². The van der Waals surface area contributed by atoms with Gasteiger partial charge in [-0.2, -0.15) is 0 Å². The first-order valence-electron chi connectivity index (χ1n) is 9.87. The van der Waals surface area contributed by atoms with Gasteiger partial charge in [0.25, 0.3) is 0 Å². The minimum Gasteiger partial charge on any atom is -0.478 e.